The van der Waals surface area contributed by atoms with Gasteiger partial charge in [-0.15, -0.1) is 0 Å². The first kappa shape index (κ1) is 15.6. The average molecular weight is 284 g/mol. The number of ether oxygens (including phenoxy) is 2. The molecule has 1 saturated carbocycles. The largest absolute Gasteiger partial charge is 0.444 e. The minimum atomic E-state index is -0.458. The average Bonchev–Trinajstić information content (AvgIpc) is 3.16. The maximum absolute atomic E-state index is 11.7. The number of carbonyl (C=O) groups is 1. The van der Waals surface area contributed by atoms with Gasteiger partial charge in [-0.2, -0.15) is 0 Å². The molecule has 1 aliphatic heterocycles. The Morgan fingerprint density at radius 1 is 1.50 bits per heavy atom. The SMILES string of the molecule is CC(C)(C)OC(=O)NCC1(C(N)C2CCCOC2)CC1. The number of carbonyl (C=O) groups excluding carboxylic acids is 1. The third kappa shape index (κ3) is 4.09. The zero-order chi connectivity index (χ0) is 14.8. The molecule has 2 unspecified atom stereocenters. The van der Waals surface area contributed by atoms with Gasteiger partial charge in [0.25, 0.3) is 0 Å². The topological polar surface area (TPSA) is 73.6 Å². The molecule has 20 heavy (non-hydrogen) atoms. The van der Waals surface area contributed by atoms with E-state index in [1.165, 1.54) is 0 Å². The number of nitrogens with two attached hydrogens (primary N) is 1. The molecule has 116 valence electrons. The van der Waals surface area contributed by atoms with E-state index in [0.717, 1.165) is 38.9 Å². The van der Waals surface area contributed by atoms with Gasteiger partial charge in [0.2, 0.25) is 0 Å². The van der Waals surface area contributed by atoms with Crippen molar-refractivity contribution in [2.75, 3.05) is 19.8 Å². The van der Waals surface area contributed by atoms with Crippen LogP contribution in [-0.4, -0.2) is 37.5 Å². The van der Waals surface area contributed by atoms with Crippen LogP contribution in [0.5, 0.6) is 0 Å². The van der Waals surface area contributed by atoms with E-state index in [9.17, 15) is 4.79 Å². The highest BCUT2D eigenvalue weighted by Crippen LogP contribution is 2.50. The van der Waals surface area contributed by atoms with E-state index < -0.39 is 5.60 Å². The molecule has 1 saturated heterocycles. The summed E-state index contributed by atoms with van der Waals surface area (Å²) >= 11 is 0. The van der Waals surface area contributed by atoms with Crippen molar-refractivity contribution < 1.29 is 14.3 Å². The molecule has 1 heterocycles. The maximum Gasteiger partial charge on any atom is 0.407 e. The molecule has 5 nitrogen and oxygen atoms in total. The van der Waals surface area contributed by atoms with E-state index >= 15 is 0 Å². The first-order valence-electron chi connectivity index (χ1n) is 7.63. The lowest BCUT2D eigenvalue weighted by molar-refractivity contribution is 0.0311. The first-order valence-corrected chi connectivity index (χ1v) is 7.63. The Morgan fingerprint density at radius 3 is 2.70 bits per heavy atom. The Morgan fingerprint density at radius 2 is 2.20 bits per heavy atom. The molecule has 2 atom stereocenters. The van der Waals surface area contributed by atoms with Crippen LogP contribution in [0.25, 0.3) is 0 Å². The molecule has 0 aromatic carbocycles. The summed E-state index contributed by atoms with van der Waals surface area (Å²) in [5.74, 6) is 0.423. The predicted octanol–water partition coefficient (Wildman–Crippen LogP) is 2.05. The first-order chi connectivity index (χ1) is 9.32. The van der Waals surface area contributed by atoms with Crippen LogP contribution in [0.3, 0.4) is 0 Å². The third-order valence-electron chi connectivity index (χ3n) is 4.29. The fourth-order valence-electron chi connectivity index (χ4n) is 2.90. The second-order valence-electron chi connectivity index (χ2n) is 7.22. The Hall–Kier alpha value is -0.810. The number of amides is 1. The fourth-order valence-corrected chi connectivity index (χ4v) is 2.90. The van der Waals surface area contributed by atoms with Gasteiger partial charge in [-0.3, -0.25) is 0 Å². The number of rotatable bonds is 4. The molecule has 1 amide bonds. The van der Waals surface area contributed by atoms with E-state index in [0.29, 0.717) is 12.5 Å². The van der Waals surface area contributed by atoms with Crippen LogP contribution in [0, 0.1) is 11.3 Å². The maximum atomic E-state index is 11.7. The Labute approximate surface area is 121 Å². The van der Waals surface area contributed by atoms with Crippen LogP contribution < -0.4 is 11.1 Å². The number of alkyl carbamates (subject to hydrolysis) is 1. The highest BCUT2D eigenvalue weighted by atomic mass is 16.6. The molecule has 0 bridgehead atoms. The van der Waals surface area contributed by atoms with Crippen molar-refractivity contribution in [3.8, 4) is 0 Å². The van der Waals surface area contributed by atoms with E-state index in [2.05, 4.69) is 5.32 Å². The fraction of sp³-hybridized carbons (Fsp3) is 0.933. The highest BCUT2D eigenvalue weighted by molar-refractivity contribution is 5.67. The minimum absolute atomic E-state index is 0.0578. The van der Waals surface area contributed by atoms with Gasteiger partial charge < -0.3 is 20.5 Å². The van der Waals surface area contributed by atoms with Gasteiger partial charge in [-0.05, 0) is 52.4 Å². The third-order valence-corrected chi connectivity index (χ3v) is 4.29. The van der Waals surface area contributed by atoms with Crippen molar-refractivity contribution in [2.45, 2.75) is 58.1 Å². The summed E-state index contributed by atoms with van der Waals surface area (Å²) in [5.41, 5.74) is 6.03. The van der Waals surface area contributed by atoms with Crippen LogP contribution in [0.2, 0.25) is 0 Å². The van der Waals surface area contributed by atoms with E-state index in [1.54, 1.807) is 0 Å². The smallest absolute Gasteiger partial charge is 0.407 e. The summed E-state index contributed by atoms with van der Waals surface area (Å²) in [6.07, 6.45) is 4.04. The lowest BCUT2D eigenvalue weighted by atomic mass is 9.83. The standard InChI is InChI=1S/C15H28N2O3/c1-14(2,3)20-13(18)17-10-15(6-7-15)12(16)11-5-4-8-19-9-11/h11-12H,4-10,16H2,1-3H3,(H,17,18). The second kappa shape index (κ2) is 5.90. The number of hydrogen-bond donors (Lipinski definition) is 2. The lowest BCUT2D eigenvalue weighted by Gasteiger charge is -2.33. The van der Waals surface area contributed by atoms with Gasteiger partial charge in [-0.25, -0.2) is 4.79 Å². The number of nitrogens with one attached hydrogen (secondary N) is 1. The molecule has 1 aliphatic carbocycles. The Balaban J connectivity index is 1.80. The van der Waals surface area contributed by atoms with Crippen molar-refractivity contribution in [3.05, 3.63) is 0 Å². The minimum Gasteiger partial charge on any atom is -0.444 e. The van der Waals surface area contributed by atoms with Crippen LogP contribution in [0.1, 0.15) is 46.5 Å². The van der Waals surface area contributed by atoms with Gasteiger partial charge in [-0.1, -0.05) is 0 Å². The van der Waals surface area contributed by atoms with Crippen molar-refractivity contribution in [2.24, 2.45) is 17.1 Å². The normalized spacial score (nSPS) is 26.7. The molecule has 2 aliphatic rings. The van der Waals surface area contributed by atoms with Crippen molar-refractivity contribution >= 4 is 6.09 Å². The summed E-state index contributed by atoms with van der Waals surface area (Å²) in [4.78, 5) is 11.7. The molecular weight excluding hydrogens is 256 g/mol. The monoisotopic (exact) mass is 284 g/mol. The highest BCUT2D eigenvalue weighted by Gasteiger charge is 2.50. The quantitative estimate of drug-likeness (QED) is 0.828. The molecule has 0 aromatic rings. The Kier molecular flexibility index (Phi) is 4.59. The summed E-state index contributed by atoms with van der Waals surface area (Å²) in [6.45, 7) is 7.82. The van der Waals surface area contributed by atoms with Crippen molar-refractivity contribution in [1.29, 1.82) is 0 Å². The predicted molar refractivity (Wildman–Crippen MR) is 77.4 cm³/mol. The van der Waals surface area contributed by atoms with Crippen molar-refractivity contribution in [3.63, 3.8) is 0 Å². The Bertz CT molecular complexity index is 342. The van der Waals surface area contributed by atoms with Crippen LogP contribution in [0.15, 0.2) is 0 Å². The zero-order valence-corrected chi connectivity index (χ0v) is 12.9. The van der Waals surface area contributed by atoms with Crippen molar-refractivity contribution in [1.82, 2.24) is 5.32 Å². The van der Waals surface area contributed by atoms with E-state index in [-0.39, 0.29) is 17.6 Å². The van der Waals surface area contributed by atoms with Crippen LogP contribution >= 0.6 is 0 Å². The number of hydrogen-bond acceptors (Lipinski definition) is 4. The van der Waals surface area contributed by atoms with Gasteiger partial charge in [0.05, 0.1) is 6.61 Å². The molecule has 0 spiro atoms. The van der Waals surface area contributed by atoms with Crippen LogP contribution in [0.4, 0.5) is 4.79 Å². The lowest BCUT2D eigenvalue weighted by Crippen LogP contribution is -2.48. The van der Waals surface area contributed by atoms with Crippen LogP contribution in [-0.2, 0) is 9.47 Å². The van der Waals surface area contributed by atoms with E-state index in [1.807, 2.05) is 20.8 Å². The van der Waals surface area contributed by atoms with Gasteiger partial charge in [0.1, 0.15) is 5.60 Å². The summed E-state index contributed by atoms with van der Waals surface area (Å²) in [7, 11) is 0. The molecule has 0 radical (unpaired) electrons. The molecule has 2 rings (SSSR count). The second-order valence-corrected chi connectivity index (χ2v) is 7.22. The molecule has 0 aromatic heterocycles. The zero-order valence-electron chi connectivity index (χ0n) is 12.9. The molecule has 2 fully saturated rings. The summed E-state index contributed by atoms with van der Waals surface area (Å²) < 4.78 is 10.8. The van der Waals surface area contributed by atoms with Gasteiger partial charge in [0, 0.05) is 24.6 Å². The molecular formula is C15H28N2O3. The summed E-state index contributed by atoms with van der Waals surface area (Å²) in [6, 6.07) is 0.109. The molecule has 3 N–H and O–H groups in total. The van der Waals surface area contributed by atoms with E-state index in [4.69, 9.17) is 15.2 Å². The summed E-state index contributed by atoms with van der Waals surface area (Å²) in [5, 5.41) is 2.88. The molecule has 5 heteroatoms. The van der Waals surface area contributed by atoms with Gasteiger partial charge >= 0.3 is 6.09 Å². The van der Waals surface area contributed by atoms with Gasteiger partial charge in [0.15, 0.2) is 0 Å².